The third kappa shape index (κ3) is 4.06. The Morgan fingerprint density at radius 3 is 2.75 bits per heavy atom. The quantitative estimate of drug-likeness (QED) is 0.430. The number of methoxy groups -OCH3 is 1. The molecule has 0 bridgehead atoms. The fourth-order valence-corrected chi connectivity index (χ4v) is 2.50. The fourth-order valence-electron chi connectivity index (χ4n) is 2.50. The van der Waals surface area contributed by atoms with E-state index in [-0.39, 0.29) is 24.4 Å². The molecule has 1 aromatic rings. The van der Waals surface area contributed by atoms with Crippen LogP contribution in [0.5, 0.6) is 0 Å². The molecule has 2 amide bonds. The zero-order valence-electron chi connectivity index (χ0n) is 13.0. The van der Waals surface area contributed by atoms with E-state index in [1.807, 2.05) is 0 Å². The molecule has 2 rings (SSSR count). The summed E-state index contributed by atoms with van der Waals surface area (Å²) in [5, 5.41) is 16.1. The summed E-state index contributed by atoms with van der Waals surface area (Å²) in [7, 11) is 1.16. The highest BCUT2D eigenvalue weighted by Crippen LogP contribution is 2.20. The first-order valence-electron chi connectivity index (χ1n) is 7.32. The van der Waals surface area contributed by atoms with Crippen molar-refractivity contribution in [1.82, 2.24) is 10.6 Å². The van der Waals surface area contributed by atoms with Gasteiger partial charge in [-0.3, -0.25) is 19.7 Å². The molecule has 1 aromatic carbocycles. The van der Waals surface area contributed by atoms with Crippen LogP contribution in [0.1, 0.15) is 18.4 Å². The molecule has 1 fully saturated rings. The lowest BCUT2D eigenvalue weighted by molar-refractivity contribution is -0.385. The molecule has 0 saturated carbocycles. The minimum absolute atomic E-state index is 0.0871. The van der Waals surface area contributed by atoms with Crippen LogP contribution in [0.25, 0.3) is 0 Å². The van der Waals surface area contributed by atoms with Crippen LogP contribution in [0.3, 0.4) is 0 Å². The molecule has 0 spiro atoms. The summed E-state index contributed by atoms with van der Waals surface area (Å²) in [5.74, 6) is -1.47. The summed E-state index contributed by atoms with van der Waals surface area (Å²) in [4.78, 5) is 45.8. The second-order valence-corrected chi connectivity index (χ2v) is 5.33. The van der Waals surface area contributed by atoms with Gasteiger partial charge >= 0.3 is 5.97 Å². The number of carbonyl (C=O) groups is 3. The van der Waals surface area contributed by atoms with Crippen molar-refractivity contribution in [3.63, 3.8) is 0 Å². The number of benzene rings is 1. The van der Waals surface area contributed by atoms with Crippen molar-refractivity contribution in [3.8, 4) is 0 Å². The predicted octanol–water partition coefficient (Wildman–Crippen LogP) is 0.0737. The zero-order chi connectivity index (χ0) is 17.7. The van der Waals surface area contributed by atoms with E-state index in [0.717, 1.165) is 7.11 Å². The highest BCUT2D eigenvalue weighted by atomic mass is 16.6. The van der Waals surface area contributed by atoms with Crippen molar-refractivity contribution >= 4 is 23.5 Å². The van der Waals surface area contributed by atoms with E-state index < -0.39 is 28.9 Å². The minimum Gasteiger partial charge on any atom is -0.467 e. The van der Waals surface area contributed by atoms with Gasteiger partial charge in [-0.15, -0.1) is 0 Å². The SMILES string of the molecule is COC(=O)[C@@H](Cc1ccccc1[N+](=O)[O-])NC(=O)[C@H]1CCC(=O)N1. The van der Waals surface area contributed by atoms with Gasteiger partial charge in [0, 0.05) is 24.5 Å². The van der Waals surface area contributed by atoms with Crippen molar-refractivity contribution in [2.24, 2.45) is 0 Å². The van der Waals surface area contributed by atoms with Crippen LogP contribution in [0.15, 0.2) is 24.3 Å². The second kappa shape index (κ2) is 7.53. The van der Waals surface area contributed by atoms with Crippen molar-refractivity contribution in [2.45, 2.75) is 31.3 Å². The van der Waals surface area contributed by atoms with Crippen LogP contribution in [0.4, 0.5) is 5.69 Å². The van der Waals surface area contributed by atoms with Crippen molar-refractivity contribution < 1.29 is 24.0 Å². The van der Waals surface area contributed by atoms with E-state index >= 15 is 0 Å². The number of hydrogen-bond donors (Lipinski definition) is 2. The molecule has 24 heavy (non-hydrogen) atoms. The number of nitrogens with one attached hydrogen (secondary N) is 2. The van der Waals surface area contributed by atoms with E-state index in [0.29, 0.717) is 12.0 Å². The molecular formula is C15H17N3O6. The van der Waals surface area contributed by atoms with Gasteiger partial charge in [0.2, 0.25) is 11.8 Å². The topological polar surface area (TPSA) is 128 Å². The Morgan fingerprint density at radius 2 is 2.17 bits per heavy atom. The van der Waals surface area contributed by atoms with Crippen molar-refractivity contribution in [3.05, 3.63) is 39.9 Å². The van der Waals surface area contributed by atoms with Gasteiger partial charge in [0.1, 0.15) is 12.1 Å². The number of ether oxygens (including phenoxy) is 1. The number of esters is 1. The van der Waals surface area contributed by atoms with Crippen LogP contribution in [-0.2, 0) is 25.5 Å². The van der Waals surface area contributed by atoms with Gasteiger partial charge in [-0.2, -0.15) is 0 Å². The van der Waals surface area contributed by atoms with Crippen molar-refractivity contribution in [2.75, 3.05) is 7.11 Å². The van der Waals surface area contributed by atoms with Gasteiger partial charge in [0.25, 0.3) is 5.69 Å². The van der Waals surface area contributed by atoms with E-state index in [2.05, 4.69) is 15.4 Å². The Hall–Kier alpha value is -2.97. The predicted molar refractivity (Wildman–Crippen MR) is 81.9 cm³/mol. The number of carbonyl (C=O) groups excluding carboxylic acids is 3. The lowest BCUT2D eigenvalue weighted by atomic mass is 10.0. The van der Waals surface area contributed by atoms with E-state index in [9.17, 15) is 24.5 Å². The summed E-state index contributed by atoms with van der Waals surface area (Å²) >= 11 is 0. The standard InChI is InChI=1S/C15H17N3O6/c1-24-15(21)11(17-14(20)10-6-7-13(19)16-10)8-9-4-2-3-5-12(9)18(22)23/h2-5,10-11H,6-8H2,1H3,(H,16,19)(H,17,20)/t10-,11-/m1/s1. The number of amides is 2. The van der Waals surface area contributed by atoms with Gasteiger partial charge < -0.3 is 15.4 Å². The summed E-state index contributed by atoms with van der Waals surface area (Å²) in [6, 6.07) is 4.16. The molecule has 1 aliphatic heterocycles. The molecule has 0 aromatic heterocycles. The highest BCUT2D eigenvalue weighted by molar-refractivity contribution is 5.93. The maximum absolute atomic E-state index is 12.2. The number of nitrogens with zero attached hydrogens (tertiary/aromatic N) is 1. The first-order chi connectivity index (χ1) is 11.4. The molecule has 1 heterocycles. The number of hydrogen-bond acceptors (Lipinski definition) is 6. The van der Waals surface area contributed by atoms with Crippen LogP contribution < -0.4 is 10.6 Å². The molecule has 2 N–H and O–H groups in total. The number of para-hydroxylation sites is 1. The largest absolute Gasteiger partial charge is 0.467 e. The maximum Gasteiger partial charge on any atom is 0.328 e. The van der Waals surface area contributed by atoms with Crippen LogP contribution in [-0.4, -0.2) is 41.9 Å². The zero-order valence-corrected chi connectivity index (χ0v) is 13.0. The smallest absolute Gasteiger partial charge is 0.328 e. The van der Waals surface area contributed by atoms with E-state index in [1.165, 1.54) is 18.2 Å². The first kappa shape index (κ1) is 17.4. The van der Waals surface area contributed by atoms with Gasteiger partial charge in [-0.05, 0) is 6.42 Å². The normalized spacial score (nSPS) is 17.7. The monoisotopic (exact) mass is 335 g/mol. The fraction of sp³-hybridized carbons (Fsp3) is 0.400. The third-order valence-electron chi connectivity index (χ3n) is 3.73. The maximum atomic E-state index is 12.2. The van der Waals surface area contributed by atoms with Crippen molar-refractivity contribution in [1.29, 1.82) is 0 Å². The molecule has 9 nitrogen and oxygen atoms in total. The summed E-state index contributed by atoms with van der Waals surface area (Å²) in [6.07, 6.45) is 0.491. The van der Waals surface area contributed by atoms with Crippen LogP contribution >= 0.6 is 0 Å². The van der Waals surface area contributed by atoms with Gasteiger partial charge in [-0.25, -0.2) is 4.79 Å². The Kier molecular flexibility index (Phi) is 5.46. The van der Waals surface area contributed by atoms with Gasteiger partial charge in [0.15, 0.2) is 0 Å². The minimum atomic E-state index is -1.08. The third-order valence-corrected chi connectivity index (χ3v) is 3.73. The number of nitro groups is 1. The Bertz CT molecular complexity index is 675. The highest BCUT2D eigenvalue weighted by Gasteiger charge is 2.31. The molecule has 0 unspecified atom stereocenters. The summed E-state index contributed by atoms with van der Waals surface area (Å²) < 4.78 is 4.66. The molecule has 2 atom stereocenters. The molecule has 128 valence electrons. The van der Waals surface area contributed by atoms with Crippen LogP contribution in [0.2, 0.25) is 0 Å². The van der Waals surface area contributed by atoms with Gasteiger partial charge in [0.05, 0.1) is 12.0 Å². The second-order valence-electron chi connectivity index (χ2n) is 5.33. The number of nitro benzene ring substituents is 1. The average molecular weight is 335 g/mol. The lowest BCUT2D eigenvalue weighted by Gasteiger charge is -2.19. The lowest BCUT2D eigenvalue weighted by Crippen LogP contribution is -2.50. The van der Waals surface area contributed by atoms with Gasteiger partial charge in [-0.1, -0.05) is 18.2 Å². The number of rotatable bonds is 6. The summed E-state index contributed by atoms with van der Waals surface area (Å²) in [5.41, 5.74) is 0.156. The summed E-state index contributed by atoms with van der Waals surface area (Å²) in [6.45, 7) is 0. The Morgan fingerprint density at radius 1 is 1.46 bits per heavy atom. The van der Waals surface area contributed by atoms with Crippen LogP contribution in [0, 0.1) is 10.1 Å². The molecular weight excluding hydrogens is 318 g/mol. The first-order valence-corrected chi connectivity index (χ1v) is 7.32. The molecule has 0 aliphatic carbocycles. The Balaban J connectivity index is 2.14. The molecule has 0 radical (unpaired) electrons. The molecule has 1 saturated heterocycles. The molecule has 1 aliphatic rings. The van der Waals surface area contributed by atoms with E-state index in [1.54, 1.807) is 6.07 Å². The molecule has 9 heteroatoms. The van der Waals surface area contributed by atoms with E-state index in [4.69, 9.17) is 0 Å². The Labute approximate surface area is 137 Å². The average Bonchev–Trinajstić information content (AvgIpc) is 3.00.